The summed E-state index contributed by atoms with van der Waals surface area (Å²) in [6, 6.07) is 20.1. The van der Waals surface area contributed by atoms with Gasteiger partial charge in [-0.05, 0) is 6.92 Å². The van der Waals surface area contributed by atoms with Crippen LogP contribution in [0.25, 0.3) is 22.5 Å². The van der Waals surface area contributed by atoms with E-state index in [4.69, 9.17) is 22.3 Å². The van der Waals surface area contributed by atoms with Gasteiger partial charge in [0.25, 0.3) is 0 Å². The van der Waals surface area contributed by atoms with Crippen LogP contribution < -0.4 is 0 Å². The van der Waals surface area contributed by atoms with Crippen LogP contribution in [0.2, 0.25) is 0 Å². The van der Waals surface area contributed by atoms with Crippen LogP contribution in [0.1, 0.15) is 24.4 Å². The molecule has 0 radical (unpaired) electrons. The predicted molar refractivity (Wildman–Crippen MR) is 109 cm³/mol. The maximum absolute atomic E-state index is 11.8. The number of carbonyl (C=O) groups excluding carboxylic acids is 1. The lowest BCUT2D eigenvalue weighted by molar-refractivity contribution is -0.144. The topological polar surface area (TPSA) is 55.0 Å². The van der Waals surface area contributed by atoms with Crippen molar-refractivity contribution < 1.29 is 9.53 Å². The van der Waals surface area contributed by atoms with Crippen molar-refractivity contribution in [2.45, 2.75) is 24.7 Å². The predicted octanol–water partition coefficient (Wildman–Crippen LogP) is 4.98. The number of cyclic esters (lactones) is 1. The second-order valence-corrected chi connectivity index (χ2v) is 7.25. The number of carbonyl (C=O) groups is 1. The van der Waals surface area contributed by atoms with Gasteiger partial charge in [0.05, 0.1) is 16.6 Å². The van der Waals surface area contributed by atoms with Gasteiger partial charge in [0.1, 0.15) is 11.9 Å². The van der Waals surface area contributed by atoms with Crippen molar-refractivity contribution in [1.82, 2.24) is 9.97 Å². The fraction of sp³-hybridized carbons (Fsp3) is 0.182. The monoisotopic (exact) mass is 376 g/mol. The summed E-state index contributed by atoms with van der Waals surface area (Å²) in [5.41, 5.74) is 4.87. The van der Waals surface area contributed by atoms with Crippen molar-refractivity contribution in [3.8, 4) is 22.5 Å². The van der Waals surface area contributed by atoms with E-state index >= 15 is 0 Å². The summed E-state index contributed by atoms with van der Waals surface area (Å²) in [5, 5.41) is -0.336. The lowest BCUT2D eigenvalue weighted by Crippen LogP contribution is -2.26. The van der Waals surface area contributed by atoms with Gasteiger partial charge in [-0.3, -0.25) is 0 Å². The summed E-state index contributed by atoms with van der Waals surface area (Å²) in [6.45, 7) is 1.93. The van der Waals surface area contributed by atoms with Crippen LogP contribution in [0.4, 0.5) is 0 Å². The summed E-state index contributed by atoms with van der Waals surface area (Å²) < 4.78 is 5.48. The Balaban J connectivity index is 1.75. The molecule has 0 saturated heterocycles. The number of ether oxygens (including phenoxy) is 1. The third kappa shape index (κ3) is 3.69. The SMILES string of the molecule is CC1=CC(=O)O[C@H](C(S)c2nc(-c3ccccc3)c(-c3ccccc3)[nH]2)C1. The number of hydrogen-bond donors (Lipinski definition) is 2. The van der Waals surface area contributed by atoms with E-state index in [-0.39, 0.29) is 17.3 Å². The first-order valence-electron chi connectivity index (χ1n) is 8.88. The number of hydrogen-bond acceptors (Lipinski definition) is 4. The van der Waals surface area contributed by atoms with Crippen LogP contribution in [-0.4, -0.2) is 22.0 Å². The van der Waals surface area contributed by atoms with Gasteiger partial charge in [-0.25, -0.2) is 9.78 Å². The van der Waals surface area contributed by atoms with Gasteiger partial charge in [0.2, 0.25) is 0 Å². The Bertz CT molecular complexity index is 923. The number of aromatic nitrogens is 2. The molecule has 2 atom stereocenters. The van der Waals surface area contributed by atoms with E-state index in [1.807, 2.05) is 67.6 Å². The molecule has 3 aromatic rings. The van der Waals surface area contributed by atoms with Crippen LogP contribution in [0.3, 0.4) is 0 Å². The second kappa shape index (κ2) is 7.45. The molecule has 0 saturated carbocycles. The maximum atomic E-state index is 11.8. The molecular weight excluding hydrogens is 356 g/mol. The molecule has 4 nitrogen and oxygen atoms in total. The molecule has 5 heteroatoms. The van der Waals surface area contributed by atoms with Crippen molar-refractivity contribution in [1.29, 1.82) is 0 Å². The van der Waals surface area contributed by atoms with Crippen LogP contribution in [0, 0.1) is 0 Å². The Hall–Kier alpha value is -2.79. The van der Waals surface area contributed by atoms with Crippen LogP contribution in [0.5, 0.6) is 0 Å². The highest BCUT2D eigenvalue weighted by atomic mass is 32.1. The van der Waals surface area contributed by atoms with Gasteiger partial charge in [0, 0.05) is 23.6 Å². The van der Waals surface area contributed by atoms with Crippen molar-refractivity contribution >= 4 is 18.6 Å². The first-order chi connectivity index (χ1) is 13.1. The number of rotatable bonds is 4. The Morgan fingerprint density at radius 3 is 2.33 bits per heavy atom. The minimum atomic E-state index is -0.343. The summed E-state index contributed by atoms with van der Waals surface area (Å²) in [6.07, 6.45) is 1.84. The normalized spacial score (nSPS) is 17.9. The van der Waals surface area contributed by atoms with E-state index in [0.29, 0.717) is 12.2 Å². The summed E-state index contributed by atoms with van der Waals surface area (Å²) in [4.78, 5) is 20.0. The average Bonchev–Trinajstić information content (AvgIpc) is 3.13. The van der Waals surface area contributed by atoms with E-state index < -0.39 is 0 Å². The molecule has 0 aliphatic carbocycles. The van der Waals surface area contributed by atoms with Gasteiger partial charge in [0.15, 0.2) is 0 Å². The number of benzene rings is 2. The lowest BCUT2D eigenvalue weighted by Gasteiger charge is -2.25. The quantitative estimate of drug-likeness (QED) is 0.499. The van der Waals surface area contributed by atoms with E-state index in [1.54, 1.807) is 0 Å². The highest BCUT2D eigenvalue weighted by molar-refractivity contribution is 7.80. The molecular formula is C22H20N2O2S. The molecule has 4 rings (SSSR count). The Morgan fingerprint density at radius 2 is 1.70 bits per heavy atom. The number of aromatic amines is 1. The van der Waals surface area contributed by atoms with Gasteiger partial charge >= 0.3 is 5.97 Å². The molecule has 0 bridgehead atoms. The summed E-state index contributed by atoms with van der Waals surface area (Å²) >= 11 is 4.73. The highest BCUT2D eigenvalue weighted by Gasteiger charge is 2.30. The molecule has 0 spiro atoms. The first kappa shape index (κ1) is 17.6. The molecule has 1 aliphatic rings. The van der Waals surface area contributed by atoms with Crippen molar-refractivity contribution in [2.75, 3.05) is 0 Å². The molecule has 2 heterocycles. The summed E-state index contributed by atoms with van der Waals surface area (Å²) in [7, 11) is 0. The molecule has 0 fully saturated rings. The molecule has 136 valence electrons. The van der Waals surface area contributed by atoms with Gasteiger partial charge in [-0.2, -0.15) is 12.6 Å². The number of imidazole rings is 1. The van der Waals surface area contributed by atoms with E-state index in [0.717, 1.165) is 28.1 Å². The third-order valence-corrected chi connectivity index (χ3v) is 5.20. The van der Waals surface area contributed by atoms with Gasteiger partial charge in [-0.15, -0.1) is 0 Å². The average molecular weight is 376 g/mol. The van der Waals surface area contributed by atoms with Crippen molar-refractivity contribution in [2.24, 2.45) is 0 Å². The largest absolute Gasteiger partial charge is 0.457 e. The molecule has 2 aromatic carbocycles. The molecule has 1 unspecified atom stereocenters. The Kier molecular flexibility index (Phi) is 4.86. The molecule has 1 aliphatic heterocycles. The minimum absolute atomic E-state index is 0.319. The first-order valence-corrected chi connectivity index (χ1v) is 9.40. The fourth-order valence-corrected chi connectivity index (χ4v) is 3.59. The van der Waals surface area contributed by atoms with Crippen molar-refractivity contribution in [3.63, 3.8) is 0 Å². The zero-order valence-corrected chi connectivity index (χ0v) is 15.8. The van der Waals surface area contributed by atoms with Crippen LogP contribution >= 0.6 is 12.6 Å². The zero-order chi connectivity index (χ0) is 18.8. The molecule has 27 heavy (non-hydrogen) atoms. The standard InChI is InChI=1S/C22H20N2O2S/c1-14-12-17(26-18(25)13-14)21(27)22-23-19(15-8-4-2-5-9-15)20(24-22)16-10-6-3-7-11-16/h2-11,13,17,21,27H,12H2,1H3,(H,23,24)/t17-,21?/m0/s1. The van der Waals surface area contributed by atoms with Gasteiger partial charge < -0.3 is 9.72 Å². The van der Waals surface area contributed by atoms with Crippen LogP contribution in [0.15, 0.2) is 72.3 Å². The molecule has 0 amide bonds. The highest BCUT2D eigenvalue weighted by Crippen LogP contribution is 2.36. The Morgan fingerprint density at radius 1 is 1.07 bits per heavy atom. The van der Waals surface area contributed by atoms with E-state index in [9.17, 15) is 4.79 Å². The minimum Gasteiger partial charge on any atom is -0.457 e. The number of thiol groups is 1. The number of H-pyrrole nitrogens is 1. The van der Waals surface area contributed by atoms with E-state index in [1.165, 1.54) is 6.08 Å². The van der Waals surface area contributed by atoms with E-state index in [2.05, 4.69) is 4.98 Å². The lowest BCUT2D eigenvalue weighted by atomic mass is 10.0. The molecule has 1 aromatic heterocycles. The number of nitrogens with zero attached hydrogens (tertiary/aromatic N) is 1. The maximum Gasteiger partial charge on any atom is 0.331 e. The van der Waals surface area contributed by atoms with Gasteiger partial charge in [-0.1, -0.05) is 66.2 Å². The smallest absolute Gasteiger partial charge is 0.331 e. The third-order valence-electron chi connectivity index (χ3n) is 4.62. The number of nitrogens with one attached hydrogen (secondary N) is 1. The second-order valence-electron chi connectivity index (χ2n) is 6.69. The summed E-state index contributed by atoms with van der Waals surface area (Å²) in [5.74, 6) is 0.379. The Labute approximate surface area is 163 Å². The number of esters is 1. The zero-order valence-electron chi connectivity index (χ0n) is 14.9. The van der Waals surface area contributed by atoms with Crippen molar-refractivity contribution in [3.05, 3.63) is 78.1 Å². The fourth-order valence-electron chi connectivity index (χ4n) is 3.30. The van der Waals surface area contributed by atoms with Crippen LogP contribution in [-0.2, 0) is 9.53 Å². The molecule has 1 N–H and O–H groups in total.